The normalized spacial score (nSPS) is 10.0. The van der Waals surface area contributed by atoms with E-state index in [-0.39, 0.29) is 17.1 Å². The molecule has 0 radical (unpaired) electrons. The summed E-state index contributed by atoms with van der Waals surface area (Å²) in [5.74, 6) is -0.574. The number of amides is 1. The second-order valence-corrected chi connectivity index (χ2v) is 4.13. The summed E-state index contributed by atoms with van der Waals surface area (Å²) < 4.78 is 0. The second kappa shape index (κ2) is 4.80. The molecule has 0 atom stereocenters. The first-order chi connectivity index (χ1) is 8.58. The van der Waals surface area contributed by atoms with Crippen LogP contribution >= 0.6 is 11.3 Å². The van der Waals surface area contributed by atoms with E-state index in [4.69, 9.17) is 5.73 Å². The largest absolute Gasteiger partial charge is 0.383 e. The van der Waals surface area contributed by atoms with Crippen molar-refractivity contribution in [3.8, 4) is 0 Å². The third kappa shape index (κ3) is 2.43. The first-order valence-electron chi connectivity index (χ1n) is 4.81. The molecule has 0 aliphatic carbocycles. The van der Waals surface area contributed by atoms with Gasteiger partial charge in [-0.2, -0.15) is 11.3 Å². The van der Waals surface area contributed by atoms with Crippen molar-refractivity contribution in [1.29, 1.82) is 0 Å². The van der Waals surface area contributed by atoms with Gasteiger partial charge in [0.2, 0.25) is 0 Å². The summed E-state index contributed by atoms with van der Waals surface area (Å²) in [5, 5.41) is 16.7. The molecule has 0 aromatic carbocycles. The van der Waals surface area contributed by atoms with E-state index in [2.05, 4.69) is 10.3 Å². The number of nitrogens with two attached hydrogens (primary N) is 1. The molecule has 1 amide bonds. The lowest BCUT2D eigenvalue weighted by Gasteiger charge is -2.04. The molecule has 0 aliphatic heterocycles. The Hall–Kier alpha value is -2.48. The number of nitrogens with one attached hydrogen (secondary N) is 1. The number of aromatic nitrogens is 1. The lowest BCUT2D eigenvalue weighted by Crippen LogP contribution is -2.14. The highest BCUT2D eigenvalue weighted by Gasteiger charge is 2.16. The zero-order valence-electron chi connectivity index (χ0n) is 8.99. The number of nitro groups is 1. The maximum absolute atomic E-state index is 11.9. The van der Waals surface area contributed by atoms with Crippen LogP contribution < -0.4 is 11.1 Å². The van der Waals surface area contributed by atoms with Gasteiger partial charge >= 0.3 is 0 Å². The van der Waals surface area contributed by atoms with Gasteiger partial charge in [0, 0.05) is 11.4 Å². The third-order valence-corrected chi connectivity index (χ3v) is 2.82. The summed E-state index contributed by atoms with van der Waals surface area (Å²) in [4.78, 5) is 25.5. The van der Waals surface area contributed by atoms with Crippen molar-refractivity contribution < 1.29 is 9.72 Å². The molecule has 0 spiro atoms. The van der Waals surface area contributed by atoms with Crippen molar-refractivity contribution in [3.05, 3.63) is 44.8 Å². The SMILES string of the molecule is Nc1ncc([N+](=O)[O-])cc1C(=O)Nc1ccsc1. The Balaban J connectivity index is 2.29. The van der Waals surface area contributed by atoms with Crippen LogP contribution in [0.25, 0.3) is 0 Å². The number of hydrogen-bond acceptors (Lipinski definition) is 6. The van der Waals surface area contributed by atoms with Gasteiger partial charge in [0.15, 0.2) is 0 Å². The molecule has 2 rings (SSSR count). The third-order valence-electron chi connectivity index (χ3n) is 2.14. The van der Waals surface area contributed by atoms with E-state index in [1.165, 1.54) is 11.3 Å². The lowest BCUT2D eigenvalue weighted by atomic mass is 10.2. The van der Waals surface area contributed by atoms with E-state index >= 15 is 0 Å². The van der Waals surface area contributed by atoms with Crippen LogP contribution in [-0.4, -0.2) is 15.8 Å². The highest BCUT2D eigenvalue weighted by molar-refractivity contribution is 7.08. The van der Waals surface area contributed by atoms with Gasteiger partial charge in [-0.1, -0.05) is 0 Å². The summed E-state index contributed by atoms with van der Waals surface area (Å²) >= 11 is 1.42. The molecule has 0 unspecified atom stereocenters. The van der Waals surface area contributed by atoms with Gasteiger partial charge in [0.05, 0.1) is 16.2 Å². The molecule has 2 heterocycles. The Labute approximate surface area is 105 Å². The number of carbonyl (C=O) groups is 1. The zero-order valence-corrected chi connectivity index (χ0v) is 9.81. The molecule has 92 valence electrons. The average molecular weight is 264 g/mol. The molecular weight excluding hydrogens is 256 g/mol. The van der Waals surface area contributed by atoms with Crippen molar-refractivity contribution in [1.82, 2.24) is 4.98 Å². The minimum Gasteiger partial charge on any atom is -0.383 e. The average Bonchev–Trinajstić information content (AvgIpc) is 2.81. The minimum atomic E-state index is -0.631. The second-order valence-electron chi connectivity index (χ2n) is 3.35. The number of nitrogens with zero attached hydrogens (tertiary/aromatic N) is 2. The van der Waals surface area contributed by atoms with E-state index in [1.807, 2.05) is 0 Å². The Kier molecular flexibility index (Phi) is 3.20. The van der Waals surface area contributed by atoms with Crippen molar-refractivity contribution in [2.45, 2.75) is 0 Å². The van der Waals surface area contributed by atoms with Crippen LogP contribution in [0.5, 0.6) is 0 Å². The molecule has 2 aromatic rings. The molecule has 2 aromatic heterocycles. The topological polar surface area (TPSA) is 111 Å². The highest BCUT2D eigenvalue weighted by Crippen LogP contribution is 2.19. The Morgan fingerprint density at radius 2 is 2.33 bits per heavy atom. The summed E-state index contributed by atoms with van der Waals surface area (Å²) in [7, 11) is 0. The number of hydrogen-bond donors (Lipinski definition) is 2. The number of anilines is 2. The van der Waals surface area contributed by atoms with Crippen molar-refractivity contribution in [2.75, 3.05) is 11.1 Å². The Morgan fingerprint density at radius 3 is 2.94 bits per heavy atom. The fraction of sp³-hybridized carbons (Fsp3) is 0. The van der Waals surface area contributed by atoms with Crippen molar-refractivity contribution >= 4 is 34.4 Å². The van der Waals surface area contributed by atoms with E-state index in [9.17, 15) is 14.9 Å². The van der Waals surface area contributed by atoms with Crippen LogP contribution in [0.3, 0.4) is 0 Å². The van der Waals surface area contributed by atoms with Crippen LogP contribution in [-0.2, 0) is 0 Å². The molecular formula is C10H8N4O3S. The predicted molar refractivity (Wildman–Crippen MR) is 67.6 cm³/mol. The molecule has 0 fully saturated rings. The van der Waals surface area contributed by atoms with Crippen LogP contribution in [0, 0.1) is 10.1 Å². The molecule has 0 saturated carbocycles. The van der Waals surface area contributed by atoms with Crippen LogP contribution in [0.2, 0.25) is 0 Å². The van der Waals surface area contributed by atoms with Crippen LogP contribution in [0.15, 0.2) is 29.1 Å². The number of nitrogen functional groups attached to an aromatic ring is 1. The van der Waals surface area contributed by atoms with Crippen LogP contribution in [0.1, 0.15) is 10.4 Å². The van der Waals surface area contributed by atoms with Crippen molar-refractivity contribution in [2.24, 2.45) is 0 Å². The number of pyridine rings is 1. The number of rotatable bonds is 3. The van der Waals surface area contributed by atoms with Gasteiger partial charge in [-0.25, -0.2) is 4.98 Å². The van der Waals surface area contributed by atoms with Crippen molar-refractivity contribution in [3.63, 3.8) is 0 Å². The van der Waals surface area contributed by atoms with Gasteiger partial charge in [-0.05, 0) is 11.4 Å². The Bertz CT molecular complexity index is 597. The fourth-order valence-electron chi connectivity index (χ4n) is 1.28. The molecule has 0 bridgehead atoms. The number of thiophene rings is 1. The molecule has 0 aliphatic rings. The lowest BCUT2D eigenvalue weighted by molar-refractivity contribution is -0.385. The van der Waals surface area contributed by atoms with E-state index < -0.39 is 10.8 Å². The Morgan fingerprint density at radius 1 is 1.56 bits per heavy atom. The minimum absolute atomic E-state index is 0.0181. The summed E-state index contributed by atoms with van der Waals surface area (Å²) in [6.07, 6.45) is 1.01. The molecule has 8 heteroatoms. The molecule has 7 nitrogen and oxygen atoms in total. The van der Waals surface area contributed by atoms with E-state index in [1.54, 1.807) is 16.8 Å². The monoisotopic (exact) mass is 264 g/mol. The van der Waals surface area contributed by atoms with Gasteiger partial charge in [-0.3, -0.25) is 14.9 Å². The zero-order chi connectivity index (χ0) is 13.1. The van der Waals surface area contributed by atoms with Gasteiger partial charge in [-0.15, -0.1) is 0 Å². The quantitative estimate of drug-likeness (QED) is 0.649. The van der Waals surface area contributed by atoms with Gasteiger partial charge < -0.3 is 11.1 Å². The molecule has 3 N–H and O–H groups in total. The first-order valence-corrected chi connectivity index (χ1v) is 5.75. The summed E-state index contributed by atoms with van der Waals surface area (Å²) in [6.45, 7) is 0. The first kappa shape index (κ1) is 12.0. The predicted octanol–water partition coefficient (Wildman–Crippen LogP) is 1.89. The van der Waals surface area contributed by atoms with Crippen LogP contribution in [0.4, 0.5) is 17.2 Å². The highest BCUT2D eigenvalue weighted by atomic mass is 32.1. The summed E-state index contributed by atoms with van der Waals surface area (Å²) in [6, 6.07) is 2.81. The van der Waals surface area contributed by atoms with E-state index in [0.717, 1.165) is 12.3 Å². The summed E-state index contributed by atoms with van der Waals surface area (Å²) in [5.41, 5.74) is 5.84. The maximum Gasteiger partial charge on any atom is 0.288 e. The maximum atomic E-state index is 11.9. The standard InChI is InChI=1S/C10H8N4O3S/c11-9-8(3-7(4-12-9)14(16)17)10(15)13-6-1-2-18-5-6/h1-5H,(H2,11,12)(H,13,15). The van der Waals surface area contributed by atoms with Gasteiger partial charge in [0.25, 0.3) is 11.6 Å². The smallest absolute Gasteiger partial charge is 0.288 e. The van der Waals surface area contributed by atoms with E-state index in [0.29, 0.717) is 5.69 Å². The van der Waals surface area contributed by atoms with Gasteiger partial charge in [0.1, 0.15) is 12.0 Å². The fourth-order valence-corrected chi connectivity index (χ4v) is 1.87. The molecule has 0 saturated heterocycles. The number of carbonyl (C=O) groups excluding carboxylic acids is 1. The molecule has 18 heavy (non-hydrogen) atoms.